The van der Waals surface area contributed by atoms with Crippen LogP contribution in [0.5, 0.6) is 5.75 Å². The number of unbranched alkanes of at least 4 members (excludes halogenated alkanes) is 1. The summed E-state index contributed by atoms with van der Waals surface area (Å²) in [6, 6.07) is 6.81. The van der Waals surface area contributed by atoms with Gasteiger partial charge in [0.2, 0.25) is 0 Å². The molecule has 3 nitrogen and oxygen atoms in total. The first kappa shape index (κ1) is 18.0. The van der Waals surface area contributed by atoms with Crippen molar-refractivity contribution in [1.29, 1.82) is 0 Å². The van der Waals surface area contributed by atoms with Crippen molar-refractivity contribution in [3.63, 3.8) is 0 Å². The number of benzene rings is 1. The first-order valence-electron chi connectivity index (χ1n) is 8.23. The van der Waals surface area contributed by atoms with Crippen molar-refractivity contribution in [2.45, 2.75) is 53.0 Å². The molecule has 1 unspecified atom stereocenters. The molecule has 0 bridgehead atoms. The van der Waals surface area contributed by atoms with Crippen molar-refractivity contribution in [3.8, 4) is 5.75 Å². The smallest absolute Gasteiger partial charge is 0.122 e. The minimum atomic E-state index is 0.384. The van der Waals surface area contributed by atoms with Crippen LogP contribution in [0.1, 0.15) is 57.2 Å². The van der Waals surface area contributed by atoms with Gasteiger partial charge in [0.25, 0.3) is 0 Å². The highest BCUT2D eigenvalue weighted by Crippen LogP contribution is 2.22. The number of ether oxygens (including phenoxy) is 2. The average molecular weight is 293 g/mol. The standard InChI is InChI=1S/C18H31NO2/c1-5-7-11-20-12-13-21-18-9-8-17(14-15(18)3)16(4)19-10-6-2/h8-9,14,16,19H,5-7,10-13H2,1-4H3. The Morgan fingerprint density at radius 2 is 1.90 bits per heavy atom. The van der Waals surface area contributed by atoms with Crippen molar-refractivity contribution >= 4 is 0 Å². The second-order valence-corrected chi connectivity index (χ2v) is 5.52. The van der Waals surface area contributed by atoms with E-state index in [9.17, 15) is 0 Å². The Morgan fingerprint density at radius 3 is 2.57 bits per heavy atom. The second-order valence-electron chi connectivity index (χ2n) is 5.52. The fourth-order valence-corrected chi connectivity index (χ4v) is 2.14. The molecule has 0 spiro atoms. The highest BCUT2D eigenvalue weighted by molar-refractivity contribution is 5.37. The molecule has 0 heterocycles. The van der Waals surface area contributed by atoms with Gasteiger partial charge in [-0.1, -0.05) is 32.4 Å². The fourth-order valence-electron chi connectivity index (χ4n) is 2.14. The molecule has 1 aromatic rings. The van der Waals surface area contributed by atoms with E-state index >= 15 is 0 Å². The lowest BCUT2D eigenvalue weighted by Crippen LogP contribution is -2.19. The van der Waals surface area contributed by atoms with E-state index in [-0.39, 0.29) is 0 Å². The summed E-state index contributed by atoms with van der Waals surface area (Å²) >= 11 is 0. The predicted molar refractivity (Wildman–Crippen MR) is 89.1 cm³/mol. The fraction of sp³-hybridized carbons (Fsp3) is 0.667. The van der Waals surface area contributed by atoms with Gasteiger partial charge in [-0.05, 0) is 50.4 Å². The number of aryl methyl sites for hydroxylation is 1. The zero-order valence-electron chi connectivity index (χ0n) is 14.1. The zero-order valence-corrected chi connectivity index (χ0v) is 14.1. The maximum atomic E-state index is 5.79. The second kappa shape index (κ2) is 10.6. The summed E-state index contributed by atoms with van der Waals surface area (Å²) in [5.41, 5.74) is 2.50. The zero-order chi connectivity index (χ0) is 15.5. The Morgan fingerprint density at radius 1 is 1.10 bits per heavy atom. The molecular weight excluding hydrogens is 262 g/mol. The van der Waals surface area contributed by atoms with E-state index in [1.165, 1.54) is 17.5 Å². The molecule has 0 aliphatic carbocycles. The topological polar surface area (TPSA) is 30.5 Å². The van der Waals surface area contributed by atoms with Gasteiger partial charge in [-0.2, -0.15) is 0 Å². The van der Waals surface area contributed by atoms with Crippen LogP contribution in [-0.4, -0.2) is 26.4 Å². The third-order valence-corrected chi connectivity index (χ3v) is 3.53. The number of rotatable bonds is 11. The molecule has 0 radical (unpaired) electrons. The van der Waals surface area contributed by atoms with Crippen LogP contribution < -0.4 is 10.1 Å². The van der Waals surface area contributed by atoms with Gasteiger partial charge < -0.3 is 14.8 Å². The van der Waals surface area contributed by atoms with Gasteiger partial charge in [-0.15, -0.1) is 0 Å². The van der Waals surface area contributed by atoms with Crippen LogP contribution in [0.25, 0.3) is 0 Å². The lowest BCUT2D eigenvalue weighted by atomic mass is 10.0. The first-order valence-corrected chi connectivity index (χ1v) is 8.23. The van der Waals surface area contributed by atoms with Gasteiger partial charge in [0.1, 0.15) is 12.4 Å². The Balaban J connectivity index is 2.39. The van der Waals surface area contributed by atoms with Crippen LogP contribution in [0.15, 0.2) is 18.2 Å². The van der Waals surface area contributed by atoms with E-state index in [4.69, 9.17) is 9.47 Å². The third kappa shape index (κ3) is 6.96. The minimum absolute atomic E-state index is 0.384. The largest absolute Gasteiger partial charge is 0.491 e. The molecule has 1 atom stereocenters. The van der Waals surface area contributed by atoms with Gasteiger partial charge in [0.05, 0.1) is 6.61 Å². The van der Waals surface area contributed by atoms with Crippen LogP contribution in [0.3, 0.4) is 0 Å². The van der Waals surface area contributed by atoms with E-state index in [2.05, 4.69) is 51.2 Å². The van der Waals surface area contributed by atoms with E-state index in [1.54, 1.807) is 0 Å². The highest BCUT2D eigenvalue weighted by Gasteiger charge is 2.07. The molecule has 0 aromatic heterocycles. The molecule has 0 aliphatic heterocycles. The molecule has 1 rings (SSSR count). The van der Waals surface area contributed by atoms with E-state index in [0.717, 1.165) is 31.7 Å². The molecule has 0 fully saturated rings. The lowest BCUT2D eigenvalue weighted by Gasteiger charge is -2.16. The molecule has 0 amide bonds. The number of nitrogens with one attached hydrogen (secondary N) is 1. The Labute approximate surface area is 130 Å². The molecule has 1 aromatic carbocycles. The van der Waals surface area contributed by atoms with Gasteiger partial charge in [0, 0.05) is 12.6 Å². The summed E-state index contributed by atoms with van der Waals surface area (Å²) < 4.78 is 11.3. The van der Waals surface area contributed by atoms with Crippen molar-refractivity contribution < 1.29 is 9.47 Å². The molecule has 0 saturated carbocycles. The van der Waals surface area contributed by atoms with Crippen molar-refractivity contribution in [2.24, 2.45) is 0 Å². The first-order chi connectivity index (χ1) is 10.2. The van der Waals surface area contributed by atoms with Crippen molar-refractivity contribution in [2.75, 3.05) is 26.4 Å². The normalized spacial score (nSPS) is 12.4. The minimum Gasteiger partial charge on any atom is -0.491 e. The third-order valence-electron chi connectivity index (χ3n) is 3.53. The predicted octanol–water partition coefficient (Wildman–Crippen LogP) is 4.25. The van der Waals surface area contributed by atoms with E-state index < -0.39 is 0 Å². The molecule has 120 valence electrons. The summed E-state index contributed by atoms with van der Waals surface area (Å²) in [6.07, 6.45) is 3.45. The van der Waals surface area contributed by atoms with Gasteiger partial charge >= 0.3 is 0 Å². The van der Waals surface area contributed by atoms with E-state index in [0.29, 0.717) is 19.3 Å². The average Bonchev–Trinajstić information content (AvgIpc) is 2.49. The molecular formula is C18H31NO2. The quantitative estimate of drug-likeness (QED) is 0.619. The summed E-state index contributed by atoms with van der Waals surface area (Å²) in [4.78, 5) is 0. The number of hydrogen-bond donors (Lipinski definition) is 1. The van der Waals surface area contributed by atoms with Crippen LogP contribution >= 0.6 is 0 Å². The molecule has 3 heteroatoms. The monoisotopic (exact) mass is 293 g/mol. The molecule has 1 N–H and O–H groups in total. The SMILES string of the molecule is CCCCOCCOc1ccc(C(C)NCCC)cc1C. The van der Waals surface area contributed by atoms with Gasteiger partial charge in [-0.3, -0.25) is 0 Å². The van der Waals surface area contributed by atoms with Crippen LogP contribution in [0, 0.1) is 6.92 Å². The molecule has 21 heavy (non-hydrogen) atoms. The lowest BCUT2D eigenvalue weighted by molar-refractivity contribution is 0.0978. The van der Waals surface area contributed by atoms with Crippen molar-refractivity contribution in [1.82, 2.24) is 5.32 Å². The molecule has 0 aliphatic rings. The summed E-state index contributed by atoms with van der Waals surface area (Å²) in [6.45, 7) is 11.8. The van der Waals surface area contributed by atoms with E-state index in [1.807, 2.05) is 0 Å². The Hall–Kier alpha value is -1.06. The van der Waals surface area contributed by atoms with Crippen molar-refractivity contribution in [3.05, 3.63) is 29.3 Å². The van der Waals surface area contributed by atoms with Gasteiger partial charge in [0.15, 0.2) is 0 Å². The highest BCUT2D eigenvalue weighted by atomic mass is 16.5. The number of hydrogen-bond acceptors (Lipinski definition) is 3. The molecule has 0 saturated heterocycles. The van der Waals surface area contributed by atoms with Crippen LogP contribution in [-0.2, 0) is 4.74 Å². The van der Waals surface area contributed by atoms with Crippen LogP contribution in [0.4, 0.5) is 0 Å². The maximum Gasteiger partial charge on any atom is 0.122 e. The Bertz CT molecular complexity index is 393. The summed E-state index contributed by atoms with van der Waals surface area (Å²) in [7, 11) is 0. The summed E-state index contributed by atoms with van der Waals surface area (Å²) in [5.74, 6) is 0.959. The van der Waals surface area contributed by atoms with Gasteiger partial charge in [-0.25, -0.2) is 0 Å². The maximum absolute atomic E-state index is 5.79. The Kier molecular flexibility index (Phi) is 9.11. The summed E-state index contributed by atoms with van der Waals surface area (Å²) in [5, 5.41) is 3.51. The van der Waals surface area contributed by atoms with Crippen LogP contribution in [0.2, 0.25) is 0 Å².